The van der Waals surface area contributed by atoms with Crippen molar-refractivity contribution in [3.63, 3.8) is 0 Å². The Morgan fingerprint density at radius 1 is 1.47 bits per heavy atom. The zero-order valence-electron chi connectivity index (χ0n) is 9.10. The first-order valence-electron chi connectivity index (χ1n) is 4.84. The molecule has 2 amide bonds. The zero-order chi connectivity index (χ0) is 11.2. The largest absolute Gasteiger partial charge is 0.333 e. The van der Waals surface area contributed by atoms with Crippen LogP contribution in [0.4, 0.5) is 0 Å². The van der Waals surface area contributed by atoms with Gasteiger partial charge in [0, 0.05) is 14.1 Å². The smallest absolute Gasteiger partial charge is 0.274 e. The molecule has 15 heavy (non-hydrogen) atoms. The molecule has 0 aromatic carbocycles. The predicted molar refractivity (Wildman–Crippen MR) is 53.4 cm³/mol. The van der Waals surface area contributed by atoms with Crippen LogP contribution in [-0.2, 0) is 9.59 Å². The van der Waals surface area contributed by atoms with Crippen molar-refractivity contribution in [1.82, 2.24) is 15.1 Å². The van der Waals surface area contributed by atoms with Gasteiger partial charge in [0.2, 0.25) is 24.5 Å². The maximum atomic E-state index is 12.0. The van der Waals surface area contributed by atoms with Gasteiger partial charge in [0.25, 0.3) is 5.91 Å². The quantitative estimate of drug-likeness (QED) is 0.466. The minimum Gasteiger partial charge on any atom is -0.333 e. The van der Waals surface area contributed by atoms with Crippen LogP contribution in [0.1, 0.15) is 0 Å². The molecule has 2 aliphatic rings. The van der Waals surface area contributed by atoms with Crippen LogP contribution in [0.25, 0.3) is 0 Å². The number of rotatable bonds is 0. The normalized spacial score (nSPS) is 31.0. The molecule has 1 N–H and O–H groups in total. The Balaban J connectivity index is 2.36. The van der Waals surface area contributed by atoms with Crippen LogP contribution in [0, 0.1) is 0 Å². The van der Waals surface area contributed by atoms with Crippen LogP contribution in [0.2, 0.25) is 0 Å². The monoisotopic (exact) mass is 211 g/mol. The number of carbonyl (C=O) groups is 2. The lowest BCUT2D eigenvalue weighted by atomic mass is 10.2. The van der Waals surface area contributed by atoms with Crippen molar-refractivity contribution < 1.29 is 14.2 Å². The molecule has 0 bridgehead atoms. The van der Waals surface area contributed by atoms with Crippen molar-refractivity contribution in [1.29, 1.82) is 0 Å². The molecule has 0 radical (unpaired) electrons. The first-order chi connectivity index (χ1) is 7.02. The van der Waals surface area contributed by atoms with Gasteiger partial charge in [-0.05, 0) is 0 Å². The second kappa shape index (κ2) is 3.22. The second-order valence-corrected chi connectivity index (χ2v) is 4.05. The van der Waals surface area contributed by atoms with Gasteiger partial charge in [-0.25, -0.2) is 0 Å². The second-order valence-electron chi connectivity index (χ2n) is 4.05. The molecule has 2 atom stereocenters. The Hall–Kier alpha value is -1.59. The molecule has 2 rings (SSSR count). The first kappa shape index (κ1) is 9.95. The van der Waals surface area contributed by atoms with Gasteiger partial charge in [0.05, 0.1) is 13.6 Å². The standard InChI is InChI=1S/C9H14N4O2/c1-11-4-6(14)13(3)8-7(9(11)15)12(2)5-10-8/h5,7-8H,4H2,1-3H3/p+1/t7-,8+/m1/s1. The summed E-state index contributed by atoms with van der Waals surface area (Å²) in [7, 11) is 5.20. The minimum absolute atomic E-state index is 0.0264. The molecule has 0 saturated carbocycles. The van der Waals surface area contributed by atoms with Gasteiger partial charge in [-0.3, -0.25) is 19.5 Å². The van der Waals surface area contributed by atoms with Crippen molar-refractivity contribution in [2.24, 2.45) is 0 Å². The molecular weight excluding hydrogens is 196 g/mol. The number of carbonyl (C=O) groups excluding carboxylic acids is 2. The summed E-state index contributed by atoms with van der Waals surface area (Å²) in [6.45, 7) is 0.151. The molecule has 6 heteroatoms. The van der Waals surface area contributed by atoms with E-state index in [9.17, 15) is 9.59 Å². The summed E-state index contributed by atoms with van der Waals surface area (Å²) in [6.07, 6.45) is 1.48. The zero-order valence-corrected chi connectivity index (χ0v) is 9.10. The van der Waals surface area contributed by atoms with Gasteiger partial charge >= 0.3 is 0 Å². The molecule has 0 aromatic heterocycles. The lowest BCUT2D eigenvalue weighted by Crippen LogP contribution is -2.52. The molecular formula is C9H15N4O2+. The minimum atomic E-state index is -0.313. The summed E-state index contributed by atoms with van der Waals surface area (Å²) in [5, 5.41) is 3.04. The highest BCUT2D eigenvalue weighted by Crippen LogP contribution is 2.14. The lowest BCUT2D eigenvalue weighted by Gasteiger charge is -2.20. The fourth-order valence-electron chi connectivity index (χ4n) is 1.99. The molecule has 0 aromatic rings. The molecule has 0 spiro atoms. The maximum Gasteiger partial charge on any atom is 0.274 e. The molecule has 2 heterocycles. The van der Waals surface area contributed by atoms with Crippen molar-refractivity contribution in [3.8, 4) is 0 Å². The maximum absolute atomic E-state index is 12.0. The molecule has 0 aliphatic carbocycles. The van der Waals surface area contributed by atoms with Gasteiger partial charge < -0.3 is 9.80 Å². The fraction of sp³-hybridized carbons (Fsp3) is 0.667. The summed E-state index contributed by atoms with van der Waals surface area (Å²) in [5.41, 5.74) is 0. The number of nitrogens with zero attached hydrogens (tertiary/aromatic N) is 3. The van der Waals surface area contributed by atoms with E-state index in [1.807, 2.05) is 7.05 Å². The Labute approximate surface area is 88.1 Å². The van der Waals surface area contributed by atoms with E-state index < -0.39 is 0 Å². The highest BCUT2D eigenvalue weighted by molar-refractivity contribution is 5.91. The summed E-state index contributed by atoms with van der Waals surface area (Å²) in [6, 6.07) is -0.313. The summed E-state index contributed by atoms with van der Waals surface area (Å²) in [5.74, 6) is -0.0731. The summed E-state index contributed by atoms with van der Waals surface area (Å²) < 4.78 is 1.80. The first-order valence-corrected chi connectivity index (χ1v) is 4.84. The van der Waals surface area contributed by atoms with E-state index in [0.29, 0.717) is 0 Å². The molecule has 6 nitrogen and oxygen atoms in total. The number of hydrogen-bond donors (Lipinski definition) is 1. The van der Waals surface area contributed by atoms with Crippen LogP contribution in [0.3, 0.4) is 0 Å². The third kappa shape index (κ3) is 1.36. The van der Waals surface area contributed by atoms with Crippen LogP contribution in [0.5, 0.6) is 0 Å². The van der Waals surface area contributed by atoms with Crippen molar-refractivity contribution in [2.45, 2.75) is 12.2 Å². The van der Waals surface area contributed by atoms with E-state index in [4.69, 9.17) is 0 Å². The number of fused-ring (bicyclic) bond motifs is 1. The van der Waals surface area contributed by atoms with Crippen molar-refractivity contribution >= 4 is 18.2 Å². The van der Waals surface area contributed by atoms with Gasteiger partial charge in [-0.2, -0.15) is 0 Å². The van der Waals surface area contributed by atoms with Crippen LogP contribution >= 0.6 is 0 Å². The van der Waals surface area contributed by atoms with Crippen molar-refractivity contribution in [2.75, 3.05) is 27.7 Å². The number of likely N-dealkylation sites (N-methyl/N-ethyl adjacent to an activating group) is 3. The molecule has 1 saturated heterocycles. The number of hydrogen-bond acceptors (Lipinski definition) is 3. The van der Waals surface area contributed by atoms with Gasteiger partial charge in [-0.1, -0.05) is 0 Å². The van der Waals surface area contributed by atoms with E-state index in [2.05, 4.69) is 5.32 Å². The Kier molecular flexibility index (Phi) is 2.13. The Morgan fingerprint density at radius 2 is 2.13 bits per heavy atom. The van der Waals surface area contributed by atoms with Crippen molar-refractivity contribution in [3.05, 3.63) is 0 Å². The van der Waals surface area contributed by atoms with Gasteiger partial charge in [0.1, 0.15) is 0 Å². The van der Waals surface area contributed by atoms with E-state index in [1.54, 1.807) is 29.9 Å². The van der Waals surface area contributed by atoms with E-state index in [1.165, 1.54) is 4.90 Å². The molecule has 2 aliphatic heterocycles. The Morgan fingerprint density at radius 3 is 2.80 bits per heavy atom. The van der Waals surface area contributed by atoms with E-state index in [-0.39, 0.29) is 30.6 Å². The lowest BCUT2D eigenvalue weighted by molar-refractivity contribution is -0.516. The number of nitrogens with one attached hydrogen (secondary N) is 1. The average molecular weight is 211 g/mol. The highest BCUT2D eigenvalue weighted by atomic mass is 16.2. The molecule has 1 fully saturated rings. The molecule has 82 valence electrons. The summed E-state index contributed by atoms with van der Waals surface area (Å²) >= 11 is 0. The van der Waals surface area contributed by atoms with E-state index in [0.717, 1.165) is 0 Å². The van der Waals surface area contributed by atoms with Gasteiger partial charge in [-0.15, -0.1) is 0 Å². The third-order valence-corrected chi connectivity index (χ3v) is 3.00. The van der Waals surface area contributed by atoms with Crippen LogP contribution in [0.15, 0.2) is 0 Å². The van der Waals surface area contributed by atoms with Crippen LogP contribution in [-0.4, -0.2) is 72.4 Å². The Bertz CT molecular complexity index is 352. The highest BCUT2D eigenvalue weighted by Gasteiger charge is 2.47. The SMILES string of the molecule is CN1CC(=O)N(C)[C@@H]2NC=[N+](C)[C@H]2C1=O. The number of amides is 2. The van der Waals surface area contributed by atoms with Crippen LogP contribution < -0.4 is 5.32 Å². The van der Waals surface area contributed by atoms with Gasteiger partial charge in [0.15, 0.2) is 0 Å². The third-order valence-electron chi connectivity index (χ3n) is 3.00. The predicted octanol–water partition coefficient (Wildman–Crippen LogP) is -2.11. The molecule has 0 unspecified atom stereocenters. The summed E-state index contributed by atoms with van der Waals surface area (Å²) in [4.78, 5) is 26.7. The fourth-order valence-corrected chi connectivity index (χ4v) is 1.99. The average Bonchev–Trinajstić information content (AvgIpc) is 2.54. The van der Waals surface area contributed by atoms with E-state index >= 15 is 0 Å². The topological polar surface area (TPSA) is 55.7 Å².